The molecular weight excluding hydrogens is 420 g/mol. The molecule has 0 unspecified atom stereocenters. The largest absolute Gasteiger partial charge is 0.380 e. The number of hydrogen-bond acceptors (Lipinski definition) is 4. The highest BCUT2D eigenvalue weighted by molar-refractivity contribution is 7.88. The second kappa shape index (κ2) is 11.9. The Morgan fingerprint density at radius 1 is 0.844 bits per heavy atom. The van der Waals surface area contributed by atoms with Gasteiger partial charge < -0.3 is 10.1 Å². The lowest BCUT2D eigenvalue weighted by Gasteiger charge is -2.30. The average molecular weight is 453 g/mol. The van der Waals surface area contributed by atoms with Gasteiger partial charge in [-0.1, -0.05) is 74.5 Å². The zero-order valence-electron chi connectivity index (χ0n) is 18.9. The summed E-state index contributed by atoms with van der Waals surface area (Å²) >= 11 is 0. The lowest BCUT2D eigenvalue weighted by Crippen LogP contribution is -2.39. The molecule has 6 radical (unpaired) electrons. The van der Waals surface area contributed by atoms with Crippen LogP contribution in [0.2, 0.25) is 0 Å². The molecule has 2 N–H and O–H groups in total. The van der Waals surface area contributed by atoms with Crippen molar-refractivity contribution < 1.29 is 13.2 Å². The van der Waals surface area contributed by atoms with E-state index in [0.29, 0.717) is 19.8 Å². The zero-order valence-corrected chi connectivity index (χ0v) is 19.7. The molecule has 0 bridgehead atoms. The van der Waals surface area contributed by atoms with E-state index >= 15 is 0 Å². The Morgan fingerprint density at radius 2 is 1.44 bits per heavy atom. The van der Waals surface area contributed by atoms with Gasteiger partial charge in [-0.25, -0.2) is 13.1 Å². The predicted octanol–water partition coefficient (Wildman–Crippen LogP) is 4.01. The number of hydrogen-bond donors (Lipinski definition) is 2. The van der Waals surface area contributed by atoms with E-state index in [1.807, 2.05) is 60.7 Å². The highest BCUT2D eigenvalue weighted by atomic mass is 32.2. The Kier molecular flexibility index (Phi) is 9.29. The Morgan fingerprint density at radius 3 is 2.00 bits per heavy atom. The summed E-state index contributed by atoms with van der Waals surface area (Å²) in [7, 11) is -3.42. The normalized spacial score (nSPS) is 18.5. The first-order valence-corrected chi connectivity index (χ1v) is 12.7. The first-order valence-electron chi connectivity index (χ1n) is 10.8. The summed E-state index contributed by atoms with van der Waals surface area (Å²) < 4.78 is 33.0. The first kappa shape index (κ1) is 24.9. The van der Waals surface area contributed by atoms with Crippen molar-refractivity contribution in [3.05, 3.63) is 109 Å². The summed E-state index contributed by atoms with van der Waals surface area (Å²) in [5.41, 5.74) is 1.90. The average Bonchev–Trinajstić information content (AvgIpc) is 2.78. The molecule has 0 saturated heterocycles. The number of rotatable bonds is 11. The number of nitrogens with one attached hydrogen (secondary N) is 2. The van der Waals surface area contributed by atoms with E-state index in [1.165, 1.54) is 18.1 Å². The first-order chi connectivity index (χ1) is 15.3. The standard InChI is InChI=1S/C26H32N2O3S/c1-20-14-15-22(18-21(20)2)19-31-17-16-27-25(23-10-6-4-7-11-23)26(28-32(3,29)30)24-12-8-5-9-13-24/h4-15,18,25-28H,16-17,19H2,1-3H3/t25-,26-/m1/s1. The minimum atomic E-state index is -3.42. The van der Waals surface area contributed by atoms with Crippen LogP contribution in [-0.2, 0) is 14.8 Å². The van der Waals surface area contributed by atoms with Crippen LogP contribution in [0.3, 0.4) is 0 Å². The van der Waals surface area contributed by atoms with Crippen LogP contribution in [0.25, 0.3) is 0 Å². The fraction of sp³-hybridized carbons (Fsp3) is 0.308. The van der Waals surface area contributed by atoms with Crippen molar-refractivity contribution in [1.29, 1.82) is 0 Å². The SMILES string of the molecule is C[C]1[CH][CH][C](COCCN[C@H](c2ccccc2)[C@H](NS(C)(=O)=O)c2ccccc2)[CH][C]1C. The van der Waals surface area contributed by atoms with Gasteiger partial charge in [0.2, 0.25) is 10.0 Å². The van der Waals surface area contributed by atoms with Crippen molar-refractivity contribution in [3.63, 3.8) is 0 Å². The molecule has 1 aliphatic carbocycles. The van der Waals surface area contributed by atoms with Gasteiger partial charge >= 0.3 is 0 Å². The van der Waals surface area contributed by atoms with E-state index in [0.717, 1.165) is 17.0 Å². The third-order valence-corrected chi connectivity index (χ3v) is 6.12. The van der Waals surface area contributed by atoms with Gasteiger partial charge in [0.15, 0.2) is 0 Å². The molecule has 0 heterocycles. The highest BCUT2D eigenvalue weighted by Crippen LogP contribution is 2.35. The molecule has 2 atom stereocenters. The van der Waals surface area contributed by atoms with Gasteiger partial charge in [0.1, 0.15) is 0 Å². The van der Waals surface area contributed by atoms with Crippen LogP contribution < -0.4 is 10.0 Å². The lowest BCUT2D eigenvalue weighted by atomic mass is 9.76. The number of benzene rings is 2. The minimum Gasteiger partial charge on any atom is -0.380 e. The molecule has 0 aliphatic heterocycles. The molecule has 5 nitrogen and oxygen atoms in total. The van der Waals surface area contributed by atoms with Crippen LogP contribution >= 0.6 is 0 Å². The second-order valence-electron chi connectivity index (χ2n) is 8.09. The molecule has 1 saturated carbocycles. The molecule has 2 aromatic rings. The zero-order chi connectivity index (χ0) is 23.0. The maximum Gasteiger partial charge on any atom is 0.209 e. The Hall–Kier alpha value is -1.73. The van der Waals surface area contributed by atoms with Crippen molar-refractivity contribution in [1.82, 2.24) is 10.0 Å². The highest BCUT2D eigenvalue weighted by Gasteiger charge is 2.28. The summed E-state index contributed by atoms with van der Waals surface area (Å²) in [4.78, 5) is 0. The summed E-state index contributed by atoms with van der Waals surface area (Å²) in [6.07, 6.45) is 7.54. The summed E-state index contributed by atoms with van der Waals surface area (Å²) in [5.74, 6) is 3.67. The number of ether oxygens (including phenoxy) is 1. The molecule has 170 valence electrons. The quantitative estimate of drug-likeness (QED) is 0.506. The molecule has 3 rings (SSSR count). The van der Waals surface area contributed by atoms with E-state index in [9.17, 15) is 8.42 Å². The van der Waals surface area contributed by atoms with Crippen LogP contribution in [0.1, 0.15) is 37.1 Å². The minimum absolute atomic E-state index is 0.251. The van der Waals surface area contributed by atoms with E-state index in [4.69, 9.17) is 4.74 Å². The lowest BCUT2D eigenvalue weighted by molar-refractivity contribution is 0.145. The van der Waals surface area contributed by atoms with Crippen molar-refractivity contribution in [3.8, 4) is 0 Å². The van der Waals surface area contributed by atoms with Crippen LogP contribution in [0, 0.1) is 37.0 Å². The van der Waals surface area contributed by atoms with Crippen LogP contribution in [-0.4, -0.2) is 34.4 Å². The Balaban J connectivity index is 1.65. The molecule has 2 aromatic carbocycles. The third-order valence-electron chi connectivity index (χ3n) is 5.44. The predicted molar refractivity (Wildman–Crippen MR) is 129 cm³/mol. The van der Waals surface area contributed by atoms with Crippen LogP contribution in [0.15, 0.2) is 60.7 Å². The molecule has 0 spiro atoms. The van der Waals surface area contributed by atoms with E-state index in [-0.39, 0.29) is 6.04 Å². The van der Waals surface area contributed by atoms with Gasteiger partial charge in [-0.2, -0.15) is 0 Å². The van der Waals surface area contributed by atoms with Crippen LogP contribution in [0.4, 0.5) is 0 Å². The van der Waals surface area contributed by atoms with Gasteiger partial charge in [-0.3, -0.25) is 0 Å². The maximum atomic E-state index is 12.2. The molecule has 32 heavy (non-hydrogen) atoms. The van der Waals surface area contributed by atoms with Crippen molar-refractivity contribution in [2.24, 2.45) is 0 Å². The molecule has 0 amide bonds. The van der Waals surface area contributed by atoms with E-state index in [1.54, 1.807) is 0 Å². The van der Waals surface area contributed by atoms with Crippen LogP contribution in [0.5, 0.6) is 0 Å². The monoisotopic (exact) mass is 452 g/mol. The summed E-state index contributed by atoms with van der Waals surface area (Å²) in [6, 6.07) is 18.8. The van der Waals surface area contributed by atoms with Crippen molar-refractivity contribution in [2.45, 2.75) is 25.9 Å². The second-order valence-corrected chi connectivity index (χ2v) is 9.87. The molecule has 6 heteroatoms. The number of sulfonamides is 1. The van der Waals surface area contributed by atoms with Gasteiger partial charge in [0.05, 0.1) is 31.6 Å². The van der Waals surface area contributed by atoms with E-state index < -0.39 is 16.1 Å². The fourth-order valence-corrected chi connectivity index (χ4v) is 4.41. The molecular formula is C26H32N2O3S. The van der Waals surface area contributed by atoms with Gasteiger partial charge in [0, 0.05) is 12.5 Å². The Bertz CT molecular complexity index is 905. The van der Waals surface area contributed by atoms with Crippen molar-refractivity contribution in [2.75, 3.05) is 26.0 Å². The smallest absolute Gasteiger partial charge is 0.209 e. The van der Waals surface area contributed by atoms with Gasteiger partial charge in [-0.15, -0.1) is 0 Å². The molecule has 1 aliphatic rings. The van der Waals surface area contributed by atoms with Crippen molar-refractivity contribution >= 4 is 10.0 Å². The molecule has 0 aromatic heterocycles. The fourth-order valence-electron chi connectivity index (χ4n) is 3.68. The molecule has 1 fully saturated rings. The topological polar surface area (TPSA) is 67.4 Å². The van der Waals surface area contributed by atoms with Gasteiger partial charge in [0.25, 0.3) is 0 Å². The van der Waals surface area contributed by atoms with E-state index in [2.05, 4.69) is 43.1 Å². The summed E-state index contributed by atoms with van der Waals surface area (Å²) in [6.45, 7) is 5.84. The van der Waals surface area contributed by atoms with Gasteiger partial charge in [-0.05, 0) is 42.2 Å². The maximum absolute atomic E-state index is 12.2. The summed E-state index contributed by atoms with van der Waals surface area (Å²) in [5, 5.41) is 3.51. The Labute approximate surface area is 194 Å². The third kappa shape index (κ3) is 7.69.